The molecule has 0 aliphatic carbocycles. The molecule has 0 spiro atoms. The van der Waals surface area contributed by atoms with E-state index in [1.54, 1.807) is 12.1 Å². The standard InChI is InChI=1S/C15H20N4O3S/c1-23(21,22)12-7-5-11(6-8-12)10-19-9-3-2-4-13(19)14-16-15(20)18-17-14/h5-8,13H,2-4,9-10H2,1H3,(H2,16,17,18,20). The minimum atomic E-state index is -3.17. The summed E-state index contributed by atoms with van der Waals surface area (Å²) in [7, 11) is -3.17. The Morgan fingerprint density at radius 2 is 2.00 bits per heavy atom. The summed E-state index contributed by atoms with van der Waals surface area (Å²) in [6, 6.07) is 7.04. The Hall–Kier alpha value is -1.93. The van der Waals surface area contributed by atoms with E-state index in [1.807, 2.05) is 12.1 Å². The number of hydrogen-bond acceptors (Lipinski definition) is 5. The minimum absolute atomic E-state index is 0.0808. The summed E-state index contributed by atoms with van der Waals surface area (Å²) < 4.78 is 23.0. The van der Waals surface area contributed by atoms with E-state index in [-0.39, 0.29) is 11.7 Å². The maximum atomic E-state index is 11.5. The van der Waals surface area contributed by atoms with Crippen LogP contribution in [0.3, 0.4) is 0 Å². The van der Waals surface area contributed by atoms with Gasteiger partial charge in [0, 0.05) is 12.8 Å². The summed E-state index contributed by atoms with van der Waals surface area (Å²) in [6.07, 6.45) is 4.36. The third kappa shape index (κ3) is 3.70. The van der Waals surface area contributed by atoms with Gasteiger partial charge >= 0.3 is 5.69 Å². The lowest BCUT2D eigenvalue weighted by molar-refractivity contribution is 0.134. The van der Waals surface area contributed by atoms with Crippen molar-refractivity contribution >= 4 is 9.84 Å². The van der Waals surface area contributed by atoms with Gasteiger partial charge in [0.25, 0.3) is 0 Å². The Morgan fingerprint density at radius 1 is 1.26 bits per heavy atom. The summed E-state index contributed by atoms with van der Waals surface area (Å²) in [6.45, 7) is 1.62. The minimum Gasteiger partial charge on any atom is -0.292 e. The van der Waals surface area contributed by atoms with Crippen LogP contribution in [0.25, 0.3) is 0 Å². The SMILES string of the molecule is CS(=O)(=O)c1ccc(CN2CCCCC2c2n[nH]c(=O)[nH]2)cc1. The van der Waals surface area contributed by atoms with E-state index in [0.29, 0.717) is 17.3 Å². The van der Waals surface area contributed by atoms with Gasteiger partial charge in [0.15, 0.2) is 9.84 Å². The van der Waals surface area contributed by atoms with Crippen LogP contribution < -0.4 is 5.69 Å². The van der Waals surface area contributed by atoms with Crippen molar-refractivity contribution in [2.45, 2.75) is 36.7 Å². The molecule has 0 saturated carbocycles. The van der Waals surface area contributed by atoms with Crippen LogP contribution in [0.1, 0.15) is 36.7 Å². The summed E-state index contributed by atoms with van der Waals surface area (Å²) in [5.41, 5.74) is 0.755. The van der Waals surface area contributed by atoms with E-state index in [0.717, 1.165) is 31.4 Å². The highest BCUT2D eigenvalue weighted by atomic mass is 32.2. The van der Waals surface area contributed by atoms with E-state index < -0.39 is 9.84 Å². The first-order chi connectivity index (χ1) is 10.9. The maximum Gasteiger partial charge on any atom is 0.340 e. The molecule has 0 amide bonds. The molecule has 1 aromatic carbocycles. The van der Waals surface area contributed by atoms with Gasteiger partial charge in [0.1, 0.15) is 5.82 Å². The van der Waals surface area contributed by atoms with Crippen molar-refractivity contribution in [3.63, 3.8) is 0 Å². The zero-order valence-corrected chi connectivity index (χ0v) is 13.8. The topological polar surface area (TPSA) is 98.9 Å². The van der Waals surface area contributed by atoms with Crippen LogP contribution in [-0.4, -0.2) is 41.3 Å². The van der Waals surface area contributed by atoms with Gasteiger partial charge in [-0.05, 0) is 37.1 Å². The Balaban J connectivity index is 1.78. The first-order valence-corrected chi connectivity index (χ1v) is 9.50. The van der Waals surface area contributed by atoms with Crippen molar-refractivity contribution in [2.75, 3.05) is 12.8 Å². The molecule has 0 bridgehead atoms. The maximum absolute atomic E-state index is 11.5. The molecule has 1 unspecified atom stereocenters. The fourth-order valence-corrected chi connectivity index (χ4v) is 3.64. The third-order valence-electron chi connectivity index (χ3n) is 4.19. The van der Waals surface area contributed by atoms with Crippen LogP contribution in [0.2, 0.25) is 0 Å². The van der Waals surface area contributed by atoms with Gasteiger partial charge in [-0.1, -0.05) is 18.6 Å². The molecular formula is C15H20N4O3S. The van der Waals surface area contributed by atoms with Crippen LogP contribution in [-0.2, 0) is 16.4 Å². The van der Waals surface area contributed by atoms with Crippen LogP contribution in [0.5, 0.6) is 0 Å². The molecule has 23 heavy (non-hydrogen) atoms. The Kier molecular flexibility index (Phi) is 4.36. The third-order valence-corrected chi connectivity index (χ3v) is 5.31. The van der Waals surface area contributed by atoms with Crippen LogP contribution in [0.4, 0.5) is 0 Å². The van der Waals surface area contributed by atoms with Gasteiger partial charge in [-0.25, -0.2) is 18.3 Å². The zero-order valence-electron chi connectivity index (χ0n) is 12.9. The number of rotatable bonds is 4. The van der Waals surface area contributed by atoms with Crippen molar-refractivity contribution < 1.29 is 8.42 Å². The molecule has 3 rings (SSSR count). The molecule has 124 valence electrons. The lowest BCUT2D eigenvalue weighted by Crippen LogP contribution is -2.33. The molecule has 2 heterocycles. The highest BCUT2D eigenvalue weighted by Gasteiger charge is 2.26. The van der Waals surface area contributed by atoms with Gasteiger partial charge in [-0.2, -0.15) is 5.10 Å². The van der Waals surface area contributed by atoms with Gasteiger partial charge in [-0.15, -0.1) is 0 Å². The fraction of sp³-hybridized carbons (Fsp3) is 0.467. The van der Waals surface area contributed by atoms with Crippen molar-refractivity contribution in [2.24, 2.45) is 0 Å². The molecule has 2 aromatic rings. The highest BCUT2D eigenvalue weighted by Crippen LogP contribution is 2.29. The molecule has 7 nitrogen and oxygen atoms in total. The van der Waals surface area contributed by atoms with E-state index in [2.05, 4.69) is 20.1 Å². The molecular weight excluding hydrogens is 316 g/mol. The second kappa shape index (κ2) is 6.29. The molecule has 1 aliphatic rings. The van der Waals surface area contributed by atoms with Crippen molar-refractivity contribution in [3.8, 4) is 0 Å². The smallest absolute Gasteiger partial charge is 0.292 e. The Labute approximate surface area is 134 Å². The average Bonchev–Trinajstić information content (AvgIpc) is 2.94. The number of likely N-dealkylation sites (tertiary alicyclic amines) is 1. The highest BCUT2D eigenvalue weighted by molar-refractivity contribution is 7.90. The van der Waals surface area contributed by atoms with E-state index >= 15 is 0 Å². The van der Waals surface area contributed by atoms with Crippen molar-refractivity contribution in [1.82, 2.24) is 20.1 Å². The molecule has 1 saturated heterocycles. The van der Waals surface area contributed by atoms with Crippen molar-refractivity contribution in [3.05, 3.63) is 46.1 Å². The number of H-pyrrole nitrogens is 2. The quantitative estimate of drug-likeness (QED) is 0.875. The van der Waals surface area contributed by atoms with Crippen LogP contribution >= 0.6 is 0 Å². The largest absolute Gasteiger partial charge is 0.340 e. The van der Waals surface area contributed by atoms with Gasteiger partial charge < -0.3 is 0 Å². The van der Waals surface area contributed by atoms with E-state index in [1.165, 1.54) is 6.26 Å². The van der Waals surface area contributed by atoms with Gasteiger partial charge in [0.05, 0.1) is 10.9 Å². The Bertz CT molecular complexity index is 823. The predicted octanol–water partition coefficient (Wildman–Crippen LogP) is 1.23. The summed E-state index contributed by atoms with van der Waals surface area (Å²) in [5.74, 6) is 0.669. The first-order valence-electron chi connectivity index (χ1n) is 7.61. The summed E-state index contributed by atoms with van der Waals surface area (Å²) in [5, 5.41) is 6.48. The molecule has 1 atom stereocenters. The average molecular weight is 336 g/mol. The van der Waals surface area contributed by atoms with Crippen molar-refractivity contribution in [1.29, 1.82) is 0 Å². The zero-order chi connectivity index (χ0) is 16.4. The number of aromatic nitrogens is 3. The number of hydrogen-bond donors (Lipinski definition) is 2. The fourth-order valence-electron chi connectivity index (χ4n) is 3.01. The number of benzene rings is 1. The monoisotopic (exact) mass is 336 g/mol. The summed E-state index contributed by atoms with van der Waals surface area (Å²) >= 11 is 0. The number of piperidine rings is 1. The molecule has 0 radical (unpaired) electrons. The second-order valence-electron chi connectivity index (χ2n) is 5.96. The van der Waals surface area contributed by atoms with Crippen LogP contribution in [0, 0.1) is 0 Å². The normalized spacial score (nSPS) is 19.8. The molecule has 1 aromatic heterocycles. The summed E-state index contributed by atoms with van der Waals surface area (Å²) in [4.78, 5) is 16.6. The number of sulfone groups is 1. The Morgan fingerprint density at radius 3 is 2.61 bits per heavy atom. The van der Waals surface area contributed by atoms with E-state index in [9.17, 15) is 13.2 Å². The van der Waals surface area contributed by atoms with Gasteiger partial charge in [-0.3, -0.25) is 9.88 Å². The number of nitrogens with one attached hydrogen (secondary N) is 2. The molecule has 1 aliphatic heterocycles. The van der Waals surface area contributed by atoms with Crippen LogP contribution in [0.15, 0.2) is 34.0 Å². The van der Waals surface area contributed by atoms with Gasteiger partial charge in [0.2, 0.25) is 0 Å². The lowest BCUT2D eigenvalue weighted by atomic mass is 10.0. The molecule has 2 N–H and O–H groups in total. The number of nitrogens with zero attached hydrogens (tertiary/aromatic N) is 2. The first kappa shape index (κ1) is 15.9. The predicted molar refractivity (Wildman–Crippen MR) is 85.8 cm³/mol. The van der Waals surface area contributed by atoms with E-state index in [4.69, 9.17) is 0 Å². The number of aromatic amines is 2. The molecule has 8 heteroatoms. The second-order valence-corrected chi connectivity index (χ2v) is 7.98. The molecule has 1 fully saturated rings. The lowest BCUT2D eigenvalue weighted by Gasteiger charge is -2.34.